The highest BCUT2D eigenvalue weighted by atomic mass is 16.7. The third kappa shape index (κ3) is 40.9. The van der Waals surface area contributed by atoms with Crippen LogP contribution < -0.4 is 5.32 Å². The molecule has 1 heterocycles. The summed E-state index contributed by atoms with van der Waals surface area (Å²) in [6, 6.07) is -0.820. The molecule has 0 aliphatic carbocycles. The molecule has 9 nitrogen and oxygen atoms in total. The lowest BCUT2D eigenvalue weighted by Crippen LogP contribution is -2.60. The quantitative estimate of drug-likeness (QED) is 0.0261. The van der Waals surface area contributed by atoms with E-state index in [2.05, 4.69) is 79.9 Å². The van der Waals surface area contributed by atoms with Crippen LogP contribution in [-0.2, 0) is 14.3 Å². The molecule has 1 aliphatic heterocycles. The van der Waals surface area contributed by atoms with E-state index < -0.39 is 49.5 Å². The van der Waals surface area contributed by atoms with E-state index >= 15 is 0 Å². The minimum atomic E-state index is -1.57. The number of unbranched alkanes of at least 4 members (excludes halogenated alkanes) is 31. The average molecular weight is 1010 g/mol. The molecule has 0 aromatic carbocycles. The minimum absolute atomic E-state index is 0.186. The maximum absolute atomic E-state index is 13.0. The van der Waals surface area contributed by atoms with Gasteiger partial charge in [-0.15, -0.1) is 0 Å². The van der Waals surface area contributed by atoms with Crippen molar-refractivity contribution in [3.8, 4) is 0 Å². The number of nitrogens with one attached hydrogen (secondary N) is 1. The van der Waals surface area contributed by atoms with Gasteiger partial charge in [0, 0.05) is 6.42 Å². The lowest BCUT2D eigenvalue weighted by Gasteiger charge is -2.40. The second-order valence-electron chi connectivity index (χ2n) is 20.8. The van der Waals surface area contributed by atoms with Crippen molar-refractivity contribution >= 4 is 5.91 Å². The predicted octanol–water partition coefficient (Wildman–Crippen LogP) is 15.2. The highest BCUT2D eigenvalue weighted by Gasteiger charge is 2.44. The fourth-order valence-corrected chi connectivity index (χ4v) is 9.28. The summed E-state index contributed by atoms with van der Waals surface area (Å²) < 4.78 is 11.2. The number of rotatable bonds is 51. The van der Waals surface area contributed by atoms with Gasteiger partial charge in [0.15, 0.2) is 6.29 Å². The van der Waals surface area contributed by atoms with Crippen LogP contribution in [0, 0.1) is 0 Å². The van der Waals surface area contributed by atoms with Crippen molar-refractivity contribution in [3.63, 3.8) is 0 Å². The maximum atomic E-state index is 13.0. The second-order valence-corrected chi connectivity index (χ2v) is 20.8. The first kappa shape index (κ1) is 67.6. The van der Waals surface area contributed by atoms with Gasteiger partial charge in [-0.05, 0) is 70.6 Å². The van der Waals surface area contributed by atoms with Gasteiger partial charge in [0.1, 0.15) is 24.4 Å². The molecule has 1 fully saturated rings. The molecule has 1 amide bonds. The first-order chi connectivity index (χ1) is 35.3. The Morgan fingerprint density at radius 3 is 1.33 bits per heavy atom. The average Bonchev–Trinajstić information content (AvgIpc) is 3.38. The number of allylic oxidation sites excluding steroid dienone is 11. The number of carbonyl (C=O) groups excluding carboxylic acids is 1. The summed E-state index contributed by atoms with van der Waals surface area (Å²) in [6.07, 6.45) is 65.9. The Balaban J connectivity index is 2.01. The Hall–Kier alpha value is -2.37. The fraction of sp³-hybridized carbons (Fsp3) is 0.794. The molecule has 7 atom stereocenters. The fourth-order valence-electron chi connectivity index (χ4n) is 9.28. The summed E-state index contributed by atoms with van der Waals surface area (Å²) in [5, 5.41) is 54.2. The van der Waals surface area contributed by atoms with Gasteiger partial charge >= 0.3 is 0 Å². The van der Waals surface area contributed by atoms with E-state index in [1.807, 2.05) is 6.08 Å². The van der Waals surface area contributed by atoms with Crippen molar-refractivity contribution in [2.45, 2.75) is 307 Å². The zero-order valence-electron chi connectivity index (χ0n) is 46.4. The molecule has 0 spiro atoms. The SMILES string of the molecule is CC/C=C\C/C=C\C/C=C\C/C=C\CCCCCCCCCCCCCCCCCCCCCCCCCCCCC(=O)NC(COC1OC(CO)C(O)C(O)C1O)C(O)/C=C/CC/C=C/CCCCCC. The molecule has 1 saturated heterocycles. The summed E-state index contributed by atoms with van der Waals surface area (Å²) in [7, 11) is 0. The Kier molecular flexibility index (Phi) is 48.9. The van der Waals surface area contributed by atoms with Crippen molar-refractivity contribution in [1.82, 2.24) is 5.32 Å². The first-order valence-corrected chi connectivity index (χ1v) is 30.2. The van der Waals surface area contributed by atoms with Crippen LogP contribution in [0.5, 0.6) is 0 Å². The smallest absolute Gasteiger partial charge is 0.220 e. The van der Waals surface area contributed by atoms with Gasteiger partial charge in [0.25, 0.3) is 0 Å². The van der Waals surface area contributed by atoms with Gasteiger partial charge in [-0.2, -0.15) is 0 Å². The lowest BCUT2D eigenvalue weighted by atomic mass is 9.99. The van der Waals surface area contributed by atoms with Crippen LogP contribution >= 0.6 is 0 Å². The van der Waals surface area contributed by atoms with Crippen molar-refractivity contribution in [2.24, 2.45) is 0 Å². The summed E-state index contributed by atoms with van der Waals surface area (Å²) in [4.78, 5) is 13.0. The molecule has 0 saturated carbocycles. The van der Waals surface area contributed by atoms with E-state index in [1.54, 1.807) is 6.08 Å². The molecule has 0 radical (unpaired) electrons. The Morgan fingerprint density at radius 2 is 0.875 bits per heavy atom. The number of carbonyl (C=O) groups is 1. The van der Waals surface area contributed by atoms with Crippen LogP contribution in [0.4, 0.5) is 0 Å². The van der Waals surface area contributed by atoms with Crippen LogP contribution in [0.3, 0.4) is 0 Å². The maximum Gasteiger partial charge on any atom is 0.220 e. The van der Waals surface area contributed by atoms with Crippen LogP contribution in [0.2, 0.25) is 0 Å². The largest absolute Gasteiger partial charge is 0.394 e. The number of ether oxygens (including phenoxy) is 2. The second kappa shape index (κ2) is 52.1. The molecule has 9 heteroatoms. The van der Waals surface area contributed by atoms with Crippen LogP contribution in [-0.4, -0.2) is 87.5 Å². The lowest BCUT2D eigenvalue weighted by molar-refractivity contribution is -0.302. The van der Waals surface area contributed by atoms with Crippen molar-refractivity contribution in [1.29, 1.82) is 0 Å². The van der Waals surface area contributed by atoms with E-state index in [9.17, 15) is 30.3 Å². The zero-order valence-corrected chi connectivity index (χ0v) is 46.4. The van der Waals surface area contributed by atoms with Gasteiger partial charge in [0.2, 0.25) is 5.91 Å². The topological polar surface area (TPSA) is 149 Å². The minimum Gasteiger partial charge on any atom is -0.394 e. The van der Waals surface area contributed by atoms with Gasteiger partial charge < -0.3 is 40.3 Å². The van der Waals surface area contributed by atoms with Gasteiger partial charge in [-0.3, -0.25) is 4.79 Å². The molecule has 72 heavy (non-hydrogen) atoms. The summed E-state index contributed by atoms with van der Waals surface area (Å²) in [6.45, 7) is 3.61. The highest BCUT2D eigenvalue weighted by Crippen LogP contribution is 2.23. The molecule has 6 N–H and O–H groups in total. The molecule has 418 valence electrons. The molecule has 1 rings (SSSR count). The number of hydrogen-bond donors (Lipinski definition) is 6. The highest BCUT2D eigenvalue weighted by molar-refractivity contribution is 5.76. The normalized spacial score (nSPS) is 19.7. The van der Waals surface area contributed by atoms with Gasteiger partial charge in [0.05, 0.1) is 25.4 Å². The van der Waals surface area contributed by atoms with E-state index in [-0.39, 0.29) is 12.5 Å². The van der Waals surface area contributed by atoms with E-state index in [0.717, 1.165) is 64.2 Å². The van der Waals surface area contributed by atoms with Crippen molar-refractivity contribution < 1.29 is 39.8 Å². The summed E-state index contributed by atoms with van der Waals surface area (Å²) in [5.74, 6) is -0.186. The number of aliphatic hydroxyl groups is 5. The van der Waals surface area contributed by atoms with Crippen molar-refractivity contribution in [2.75, 3.05) is 13.2 Å². The molecule has 0 aromatic rings. The molecule has 7 unspecified atom stereocenters. The number of amides is 1. The zero-order chi connectivity index (χ0) is 52.2. The molecular weight excluding hydrogens is 899 g/mol. The van der Waals surface area contributed by atoms with Crippen LogP contribution in [0.25, 0.3) is 0 Å². The van der Waals surface area contributed by atoms with Gasteiger partial charge in [-0.1, -0.05) is 260 Å². The first-order valence-electron chi connectivity index (χ1n) is 30.2. The standard InChI is InChI=1S/C63H113NO8/c1-3-5-7-9-11-13-15-16-17-18-19-20-21-22-23-24-25-26-27-28-29-30-31-32-33-34-35-36-37-38-39-40-41-42-43-45-47-49-51-53-59(67)64-56(55-71-63-62(70)61(69)60(68)58(54-65)72-63)57(66)52-50-48-46-44-14-12-10-8-6-4-2/h5,7,11,13-14,16-17,19-20,44,50,52,56-58,60-63,65-66,68-70H,3-4,6,8-10,12,15,18,21-43,45-49,51,53-55H2,1-2H3,(H,64,67)/b7-5-,13-11-,17-16-,20-19-,44-14+,52-50+. The summed E-state index contributed by atoms with van der Waals surface area (Å²) >= 11 is 0. The molecule has 0 aromatic heterocycles. The number of hydrogen-bond acceptors (Lipinski definition) is 8. The van der Waals surface area contributed by atoms with E-state index in [1.165, 1.54) is 180 Å². The predicted molar refractivity (Wildman–Crippen MR) is 304 cm³/mol. The Labute approximate surface area is 442 Å². The molecule has 1 aliphatic rings. The molecular formula is C63H113NO8. The third-order valence-corrected chi connectivity index (χ3v) is 14.0. The molecule has 0 bridgehead atoms. The monoisotopic (exact) mass is 1010 g/mol. The van der Waals surface area contributed by atoms with E-state index in [0.29, 0.717) is 6.42 Å². The van der Waals surface area contributed by atoms with Crippen molar-refractivity contribution in [3.05, 3.63) is 72.9 Å². The van der Waals surface area contributed by atoms with Gasteiger partial charge in [-0.25, -0.2) is 0 Å². The van der Waals surface area contributed by atoms with E-state index in [4.69, 9.17) is 9.47 Å². The van der Waals surface area contributed by atoms with Crippen LogP contribution in [0.15, 0.2) is 72.9 Å². The Morgan fingerprint density at radius 1 is 0.486 bits per heavy atom. The third-order valence-electron chi connectivity index (χ3n) is 14.0. The van der Waals surface area contributed by atoms with Crippen LogP contribution in [0.1, 0.15) is 264 Å². The summed E-state index contributed by atoms with van der Waals surface area (Å²) in [5.41, 5.74) is 0. The number of aliphatic hydroxyl groups excluding tert-OH is 5. The Bertz CT molecular complexity index is 1360.